The summed E-state index contributed by atoms with van der Waals surface area (Å²) < 4.78 is 2.10. The van der Waals surface area contributed by atoms with Gasteiger partial charge in [-0.2, -0.15) is 4.68 Å². The van der Waals surface area contributed by atoms with Crippen LogP contribution in [0, 0.1) is 10.1 Å². The third-order valence-electron chi connectivity index (χ3n) is 2.57. The van der Waals surface area contributed by atoms with Crippen molar-refractivity contribution in [1.29, 1.82) is 0 Å². The van der Waals surface area contributed by atoms with Gasteiger partial charge in [0.05, 0.1) is 21.6 Å². The van der Waals surface area contributed by atoms with Gasteiger partial charge in [0.15, 0.2) is 5.82 Å². The molecule has 1 heterocycles. The molecule has 1 N–H and O–H groups in total. The van der Waals surface area contributed by atoms with E-state index in [1.165, 1.54) is 12.1 Å². The summed E-state index contributed by atoms with van der Waals surface area (Å²) in [5.74, 6) is 0.633. The Kier molecular flexibility index (Phi) is 4.40. The summed E-state index contributed by atoms with van der Waals surface area (Å²) in [5.41, 5.74) is 0.664. The molecule has 1 aromatic carbocycles. The number of nitrogens with one attached hydrogen (secondary N) is 1. The van der Waals surface area contributed by atoms with E-state index >= 15 is 0 Å². The molecule has 0 spiro atoms. The lowest BCUT2D eigenvalue weighted by Gasteiger charge is -2.09. The van der Waals surface area contributed by atoms with Crippen LogP contribution in [0.2, 0.25) is 0 Å². The van der Waals surface area contributed by atoms with Crippen molar-refractivity contribution in [2.24, 2.45) is 0 Å². The first kappa shape index (κ1) is 14.5. The summed E-state index contributed by atoms with van der Waals surface area (Å²) in [6.07, 6.45) is 0. The summed E-state index contributed by atoms with van der Waals surface area (Å²) in [7, 11) is 0. The second-order valence-corrected chi connectivity index (χ2v) is 5.29. The first-order chi connectivity index (χ1) is 9.49. The van der Waals surface area contributed by atoms with E-state index in [0.717, 1.165) is 0 Å². The second-order valence-electron chi connectivity index (χ2n) is 4.44. The maximum absolute atomic E-state index is 10.7. The molecular formula is C11H13BrN6O2. The lowest BCUT2D eigenvalue weighted by Crippen LogP contribution is -2.24. The monoisotopic (exact) mass is 340 g/mol. The van der Waals surface area contributed by atoms with Crippen molar-refractivity contribution in [2.45, 2.75) is 26.4 Å². The zero-order valence-electron chi connectivity index (χ0n) is 10.9. The highest BCUT2D eigenvalue weighted by molar-refractivity contribution is 9.10. The number of benzene rings is 1. The lowest BCUT2D eigenvalue weighted by molar-refractivity contribution is -0.384. The van der Waals surface area contributed by atoms with Crippen LogP contribution >= 0.6 is 15.9 Å². The fraction of sp³-hybridized carbons (Fsp3) is 0.364. The number of nitro benzene ring substituents is 1. The highest BCUT2D eigenvalue weighted by Crippen LogP contribution is 2.25. The summed E-state index contributed by atoms with van der Waals surface area (Å²) >= 11 is 3.31. The number of hydrogen-bond donors (Lipinski definition) is 1. The van der Waals surface area contributed by atoms with Crippen molar-refractivity contribution in [1.82, 2.24) is 25.5 Å². The Morgan fingerprint density at radius 3 is 2.85 bits per heavy atom. The molecule has 1 aromatic heterocycles. The summed E-state index contributed by atoms with van der Waals surface area (Å²) in [4.78, 5) is 10.3. The van der Waals surface area contributed by atoms with Gasteiger partial charge in [-0.25, -0.2) is 0 Å². The van der Waals surface area contributed by atoms with Crippen LogP contribution in [0.1, 0.15) is 19.7 Å². The van der Waals surface area contributed by atoms with Crippen LogP contribution in [0.3, 0.4) is 0 Å². The molecule has 0 unspecified atom stereocenters. The Labute approximate surface area is 123 Å². The Hall–Kier alpha value is -1.87. The fourth-order valence-electron chi connectivity index (χ4n) is 1.58. The van der Waals surface area contributed by atoms with E-state index in [1.807, 2.05) is 13.8 Å². The molecule has 8 nitrogen and oxygen atoms in total. The molecule has 0 saturated heterocycles. The first-order valence-electron chi connectivity index (χ1n) is 5.94. The Morgan fingerprint density at radius 1 is 1.50 bits per heavy atom. The zero-order chi connectivity index (χ0) is 14.7. The molecule has 0 atom stereocenters. The predicted molar refractivity (Wildman–Crippen MR) is 75.5 cm³/mol. The van der Waals surface area contributed by atoms with Gasteiger partial charge in [0.25, 0.3) is 5.69 Å². The van der Waals surface area contributed by atoms with Crippen LogP contribution in [0.25, 0.3) is 5.69 Å². The van der Waals surface area contributed by atoms with Gasteiger partial charge in [-0.1, -0.05) is 13.8 Å². The minimum absolute atomic E-state index is 0.00977. The normalized spacial score (nSPS) is 11.0. The molecule has 2 aromatic rings. The van der Waals surface area contributed by atoms with E-state index < -0.39 is 4.92 Å². The molecule has 0 amide bonds. The van der Waals surface area contributed by atoms with E-state index in [-0.39, 0.29) is 5.69 Å². The van der Waals surface area contributed by atoms with Crippen LogP contribution in [-0.4, -0.2) is 31.2 Å². The third-order valence-corrected chi connectivity index (χ3v) is 3.21. The maximum Gasteiger partial charge on any atom is 0.270 e. The van der Waals surface area contributed by atoms with E-state index in [1.54, 1.807) is 10.7 Å². The average molecular weight is 341 g/mol. The Morgan fingerprint density at radius 2 is 2.25 bits per heavy atom. The van der Waals surface area contributed by atoms with Gasteiger partial charge >= 0.3 is 0 Å². The van der Waals surface area contributed by atoms with E-state index in [0.29, 0.717) is 28.6 Å². The van der Waals surface area contributed by atoms with Gasteiger partial charge < -0.3 is 5.32 Å². The SMILES string of the molecule is CC(C)NCc1nnnn1-c1ccc([N+](=O)[O-])cc1Br. The van der Waals surface area contributed by atoms with Crippen LogP contribution in [0.15, 0.2) is 22.7 Å². The minimum atomic E-state index is -0.449. The Balaban J connectivity index is 2.32. The van der Waals surface area contributed by atoms with Crippen LogP contribution in [0.4, 0.5) is 5.69 Å². The first-order valence-corrected chi connectivity index (χ1v) is 6.73. The van der Waals surface area contributed by atoms with Gasteiger partial charge in [-0.3, -0.25) is 10.1 Å². The van der Waals surface area contributed by atoms with Gasteiger partial charge in [-0.05, 0) is 32.4 Å². The molecule has 0 radical (unpaired) electrons. The van der Waals surface area contributed by atoms with Gasteiger partial charge in [0.2, 0.25) is 0 Å². The highest BCUT2D eigenvalue weighted by Gasteiger charge is 2.14. The molecular weight excluding hydrogens is 328 g/mol. The number of rotatable bonds is 5. The van der Waals surface area contributed by atoms with Crippen molar-refractivity contribution < 1.29 is 4.92 Å². The predicted octanol–water partition coefficient (Wildman–Crippen LogP) is 1.83. The van der Waals surface area contributed by atoms with Crippen LogP contribution in [0.5, 0.6) is 0 Å². The smallest absolute Gasteiger partial charge is 0.270 e. The van der Waals surface area contributed by atoms with Crippen LogP contribution in [-0.2, 0) is 6.54 Å². The largest absolute Gasteiger partial charge is 0.308 e. The van der Waals surface area contributed by atoms with Crippen molar-refractivity contribution in [3.63, 3.8) is 0 Å². The number of nitrogens with zero attached hydrogens (tertiary/aromatic N) is 5. The minimum Gasteiger partial charge on any atom is -0.308 e. The maximum atomic E-state index is 10.7. The number of halogens is 1. The zero-order valence-corrected chi connectivity index (χ0v) is 12.5. The molecule has 106 valence electrons. The summed E-state index contributed by atoms with van der Waals surface area (Å²) in [6, 6.07) is 4.76. The number of tetrazole rings is 1. The molecule has 0 saturated carbocycles. The van der Waals surface area contributed by atoms with Crippen molar-refractivity contribution in [3.8, 4) is 5.69 Å². The third kappa shape index (κ3) is 3.17. The molecule has 9 heteroatoms. The fourth-order valence-corrected chi connectivity index (χ4v) is 2.11. The standard InChI is InChI=1S/C11H13BrN6O2/c1-7(2)13-6-11-14-15-16-17(11)10-4-3-8(18(19)20)5-9(10)12/h3-5,7,13H,6H2,1-2H3. The van der Waals surface area contributed by atoms with E-state index in [4.69, 9.17) is 0 Å². The average Bonchev–Trinajstić information content (AvgIpc) is 2.84. The van der Waals surface area contributed by atoms with Crippen molar-refractivity contribution >= 4 is 21.6 Å². The molecule has 2 rings (SSSR count). The lowest BCUT2D eigenvalue weighted by atomic mass is 10.3. The van der Waals surface area contributed by atoms with E-state index in [9.17, 15) is 10.1 Å². The molecule has 0 fully saturated rings. The summed E-state index contributed by atoms with van der Waals surface area (Å²) in [5, 5.41) is 25.4. The van der Waals surface area contributed by atoms with Crippen molar-refractivity contribution in [2.75, 3.05) is 0 Å². The number of hydrogen-bond acceptors (Lipinski definition) is 6. The number of non-ortho nitro benzene ring substituents is 1. The van der Waals surface area contributed by atoms with E-state index in [2.05, 4.69) is 36.8 Å². The second kappa shape index (κ2) is 6.06. The number of nitro groups is 1. The quantitative estimate of drug-likeness (QED) is 0.658. The topological polar surface area (TPSA) is 98.8 Å². The summed E-state index contributed by atoms with van der Waals surface area (Å²) in [6.45, 7) is 4.56. The molecule has 0 aliphatic rings. The highest BCUT2D eigenvalue weighted by atomic mass is 79.9. The van der Waals surface area contributed by atoms with Gasteiger partial charge in [0.1, 0.15) is 0 Å². The molecule has 0 aliphatic carbocycles. The Bertz CT molecular complexity index is 627. The number of aromatic nitrogens is 4. The van der Waals surface area contributed by atoms with Crippen LogP contribution < -0.4 is 5.32 Å². The molecule has 20 heavy (non-hydrogen) atoms. The van der Waals surface area contributed by atoms with Gasteiger partial charge in [0, 0.05) is 18.2 Å². The van der Waals surface area contributed by atoms with Gasteiger partial charge in [-0.15, -0.1) is 5.10 Å². The molecule has 0 bridgehead atoms. The van der Waals surface area contributed by atoms with Crippen molar-refractivity contribution in [3.05, 3.63) is 38.6 Å². The molecule has 0 aliphatic heterocycles.